The predicted octanol–water partition coefficient (Wildman–Crippen LogP) is 4.33. The molecule has 2 aromatic carbocycles. The summed E-state index contributed by atoms with van der Waals surface area (Å²) in [6, 6.07) is 16.0. The summed E-state index contributed by atoms with van der Waals surface area (Å²) in [6.45, 7) is 0. The van der Waals surface area contributed by atoms with E-state index in [-0.39, 0.29) is 19.5 Å². The van der Waals surface area contributed by atoms with E-state index >= 15 is 0 Å². The molecule has 0 saturated heterocycles. The van der Waals surface area contributed by atoms with Gasteiger partial charge in [-0.15, -0.1) is 15.9 Å². The zero-order chi connectivity index (χ0) is 8.81. The first-order valence-corrected chi connectivity index (χ1v) is 5.12. The zero-order valence-electron chi connectivity index (χ0n) is 6.73. The Hall–Kier alpha value is 0.283. The fourth-order valence-corrected chi connectivity index (χ4v) is 1.31. The van der Waals surface area contributed by atoms with Gasteiger partial charge in [0.1, 0.15) is 0 Å². The molecule has 0 spiro atoms. The molecule has 3 heteroatoms. The molecule has 0 aliphatic heterocycles. The summed E-state index contributed by atoms with van der Waals surface area (Å²) in [5.74, 6) is 0. The fourth-order valence-electron chi connectivity index (χ4n) is 0.701. The topological polar surface area (TPSA) is 0 Å². The monoisotopic (exact) mass is 388 g/mol. The molecule has 13 heavy (non-hydrogen) atoms. The quantitative estimate of drug-likeness (QED) is 0.465. The molecule has 0 N–H and O–H groups in total. The molecule has 0 aliphatic carbocycles. The normalized spacial score (nSPS) is 8.15. The molecule has 0 fully saturated rings. The first-order valence-electron chi connectivity index (χ1n) is 3.53. The van der Waals surface area contributed by atoms with Crippen molar-refractivity contribution in [2.75, 3.05) is 0 Å². The molecule has 0 nitrogen and oxygen atoms in total. The van der Waals surface area contributed by atoms with Crippen LogP contribution in [-0.4, -0.2) is 0 Å². The number of hydrogen-bond acceptors (Lipinski definition) is 0. The second kappa shape index (κ2) is 7.67. The fraction of sp³-hybridized carbons (Fsp3) is 0. The molecule has 76 valence electrons. The van der Waals surface area contributed by atoms with E-state index in [9.17, 15) is 0 Å². The minimum Gasteiger partial charge on any atom is -0.747 e. The second-order valence-electron chi connectivity index (χ2n) is 2.21. The Morgan fingerprint density at radius 2 is 1.38 bits per heavy atom. The van der Waals surface area contributed by atoms with E-state index in [0.717, 1.165) is 8.95 Å². The van der Waals surface area contributed by atoms with E-state index in [2.05, 4.69) is 31.9 Å². The van der Waals surface area contributed by atoms with Gasteiger partial charge < -0.3 is 44.7 Å². The van der Waals surface area contributed by atoms with Crippen molar-refractivity contribution in [3.8, 4) is 0 Å². The van der Waals surface area contributed by atoms with Crippen LogP contribution >= 0.6 is 31.9 Å². The van der Waals surface area contributed by atoms with Crippen LogP contribution in [-0.2, 0) is 19.5 Å². The molecule has 0 aliphatic rings. The molecule has 0 bridgehead atoms. The van der Waals surface area contributed by atoms with Gasteiger partial charge in [0.2, 0.25) is 0 Å². The third-order valence-corrected chi connectivity index (χ3v) is 2.30. The van der Waals surface area contributed by atoms with Gasteiger partial charge in [0, 0.05) is 19.5 Å². The maximum atomic E-state index is 3.28. The van der Waals surface area contributed by atoms with Crippen molar-refractivity contribution in [3.63, 3.8) is 0 Å². The molecule has 0 radical (unpaired) electrons. The number of halogens is 2. The minimum absolute atomic E-state index is 0. The van der Waals surface area contributed by atoms with E-state index in [4.69, 9.17) is 0 Å². The summed E-state index contributed by atoms with van der Waals surface area (Å²) in [5, 5.41) is 0. The first-order chi connectivity index (χ1) is 5.79. The van der Waals surface area contributed by atoms with Crippen LogP contribution in [0.5, 0.6) is 0 Å². The average molecular weight is 389 g/mol. The van der Waals surface area contributed by atoms with E-state index in [1.54, 1.807) is 0 Å². The Labute approximate surface area is 108 Å². The molecule has 0 unspecified atom stereocenters. The van der Waals surface area contributed by atoms with Crippen molar-refractivity contribution < 1.29 is 19.5 Å². The molecule has 0 amide bonds. The standard InChI is InChI=1S/2C5H4Br.Ru/c2*6-5-3-1-2-4-5;/h2*1-4H;/q-5;-1;. The van der Waals surface area contributed by atoms with Crippen LogP contribution in [0, 0.1) is 0 Å². The third-order valence-electron chi connectivity index (χ3n) is 1.24. The SMILES string of the molecule is Br[c-]1[cH-][cH-][cH-][cH-]1.Br[c-]1cccc1.[Ru]. The molecule has 0 saturated carbocycles. The van der Waals surface area contributed by atoms with Gasteiger partial charge >= 0.3 is 0 Å². The van der Waals surface area contributed by atoms with Crippen molar-refractivity contribution in [2.45, 2.75) is 0 Å². The first kappa shape index (κ1) is 13.3. The van der Waals surface area contributed by atoms with E-state index in [1.807, 2.05) is 48.5 Å². The summed E-state index contributed by atoms with van der Waals surface area (Å²) < 4.78 is 2.31. The molecule has 2 aromatic rings. The van der Waals surface area contributed by atoms with Crippen molar-refractivity contribution in [2.24, 2.45) is 0 Å². The maximum absolute atomic E-state index is 3.28. The Morgan fingerprint density at radius 3 is 1.54 bits per heavy atom. The van der Waals surface area contributed by atoms with Gasteiger partial charge in [0.05, 0.1) is 0 Å². The summed E-state index contributed by atoms with van der Waals surface area (Å²) in [6.07, 6.45) is 0. The van der Waals surface area contributed by atoms with Crippen LogP contribution < -0.4 is 0 Å². The second-order valence-corrected chi connectivity index (χ2v) is 4.04. The van der Waals surface area contributed by atoms with Crippen LogP contribution in [0.2, 0.25) is 0 Å². The van der Waals surface area contributed by atoms with E-state index < -0.39 is 0 Å². The Morgan fingerprint density at radius 1 is 0.923 bits per heavy atom. The number of rotatable bonds is 0. The predicted molar refractivity (Wildman–Crippen MR) is 59.5 cm³/mol. The van der Waals surface area contributed by atoms with Crippen LogP contribution in [0.15, 0.2) is 57.5 Å². The third kappa shape index (κ3) is 6.37. The molecule has 0 atom stereocenters. The van der Waals surface area contributed by atoms with Crippen molar-refractivity contribution >= 4 is 31.9 Å². The summed E-state index contributed by atoms with van der Waals surface area (Å²) in [7, 11) is 0. The zero-order valence-corrected chi connectivity index (χ0v) is 11.6. The molecular formula is C10H8Br2Ru-6. The molecule has 2 rings (SSSR count). The van der Waals surface area contributed by atoms with Gasteiger partial charge in [-0.2, -0.15) is 12.1 Å². The maximum Gasteiger partial charge on any atom is 0 e. The van der Waals surface area contributed by atoms with Crippen LogP contribution in [0.4, 0.5) is 0 Å². The van der Waals surface area contributed by atoms with Gasteiger partial charge in [0.25, 0.3) is 0 Å². The summed E-state index contributed by atoms with van der Waals surface area (Å²) in [5.41, 5.74) is 0. The van der Waals surface area contributed by atoms with E-state index in [1.165, 1.54) is 0 Å². The largest absolute Gasteiger partial charge is 0.747 e. The summed E-state index contributed by atoms with van der Waals surface area (Å²) in [4.78, 5) is 0. The van der Waals surface area contributed by atoms with Gasteiger partial charge in [-0.3, -0.25) is 0 Å². The number of hydrogen-bond donors (Lipinski definition) is 0. The van der Waals surface area contributed by atoms with Crippen molar-refractivity contribution in [1.29, 1.82) is 0 Å². The van der Waals surface area contributed by atoms with Gasteiger partial charge in [-0.1, -0.05) is 4.47 Å². The smallest absolute Gasteiger partial charge is 0 e. The summed E-state index contributed by atoms with van der Waals surface area (Å²) >= 11 is 6.56. The van der Waals surface area contributed by atoms with Crippen molar-refractivity contribution in [1.82, 2.24) is 0 Å². The van der Waals surface area contributed by atoms with Gasteiger partial charge in [-0.05, 0) is 0 Å². The average Bonchev–Trinajstić information content (AvgIpc) is 2.63. The van der Waals surface area contributed by atoms with E-state index in [0.29, 0.717) is 0 Å². The Balaban J connectivity index is 0.000000206. The van der Waals surface area contributed by atoms with Gasteiger partial charge in [-0.25, -0.2) is 12.1 Å². The van der Waals surface area contributed by atoms with Crippen LogP contribution in [0.25, 0.3) is 0 Å². The Bertz CT molecular complexity index is 252. The molecule has 0 heterocycles. The minimum atomic E-state index is 0. The van der Waals surface area contributed by atoms with Gasteiger partial charge in [0.15, 0.2) is 0 Å². The molecule has 0 aromatic heterocycles. The molecular weight excluding hydrogens is 381 g/mol. The Kier molecular flexibility index (Phi) is 7.83. The van der Waals surface area contributed by atoms with Crippen molar-refractivity contribution in [3.05, 3.63) is 57.5 Å². The van der Waals surface area contributed by atoms with Crippen LogP contribution in [0.1, 0.15) is 0 Å². The van der Waals surface area contributed by atoms with Crippen LogP contribution in [0.3, 0.4) is 0 Å².